The van der Waals surface area contributed by atoms with E-state index >= 15 is 0 Å². The molecule has 7 nitrogen and oxygen atoms in total. The lowest BCUT2D eigenvalue weighted by Gasteiger charge is -2.24. The fourth-order valence-electron chi connectivity index (χ4n) is 4.93. The van der Waals surface area contributed by atoms with Gasteiger partial charge in [0, 0.05) is 12.0 Å². The molecule has 0 saturated heterocycles. The molecule has 2 aromatic carbocycles. The number of hydrogen-bond acceptors (Lipinski definition) is 4. The molecular formula is C26H30N2O5. The van der Waals surface area contributed by atoms with Gasteiger partial charge in [0.2, 0.25) is 5.91 Å². The maximum Gasteiger partial charge on any atom is 0.407 e. The molecule has 33 heavy (non-hydrogen) atoms. The molecule has 1 fully saturated rings. The second-order valence-electron chi connectivity index (χ2n) is 9.25. The van der Waals surface area contributed by atoms with Gasteiger partial charge in [0.05, 0.1) is 5.92 Å². The molecule has 2 unspecified atom stereocenters. The first-order valence-electron chi connectivity index (χ1n) is 11.5. The number of fused-ring (bicyclic) bond motifs is 3. The van der Waals surface area contributed by atoms with Gasteiger partial charge in [-0.2, -0.15) is 0 Å². The topological polar surface area (TPSA) is 105 Å². The lowest BCUT2D eigenvalue weighted by molar-refractivity contribution is -0.141. The van der Waals surface area contributed by atoms with Gasteiger partial charge < -0.3 is 20.5 Å². The first-order chi connectivity index (χ1) is 15.8. The van der Waals surface area contributed by atoms with Gasteiger partial charge in [-0.15, -0.1) is 0 Å². The lowest BCUT2D eigenvalue weighted by atomic mass is 9.98. The van der Waals surface area contributed by atoms with E-state index in [1.807, 2.05) is 38.1 Å². The molecule has 0 heterocycles. The first-order valence-corrected chi connectivity index (χ1v) is 11.5. The zero-order valence-corrected chi connectivity index (χ0v) is 18.9. The van der Waals surface area contributed by atoms with Crippen LogP contribution in [-0.4, -0.2) is 41.8 Å². The van der Waals surface area contributed by atoms with Crippen molar-refractivity contribution in [3.63, 3.8) is 0 Å². The number of nitrogens with one attached hydrogen (secondary N) is 2. The zero-order chi connectivity index (χ0) is 23.5. The van der Waals surface area contributed by atoms with Gasteiger partial charge in [-0.05, 0) is 47.4 Å². The van der Waals surface area contributed by atoms with E-state index in [-0.39, 0.29) is 30.4 Å². The molecule has 1 saturated carbocycles. The predicted octanol–water partition coefficient (Wildman–Crippen LogP) is 3.92. The number of rotatable bonds is 7. The second kappa shape index (κ2) is 9.65. The SMILES string of the molecule is CC(C)[C@@H](NC(=O)OCC1c2ccccc2-c2ccccc21)C(=O)NC1CCC(C(=O)O)C1. The molecule has 0 aromatic heterocycles. The van der Waals surface area contributed by atoms with Crippen LogP contribution >= 0.6 is 0 Å². The van der Waals surface area contributed by atoms with E-state index in [0.717, 1.165) is 22.3 Å². The van der Waals surface area contributed by atoms with Gasteiger partial charge in [-0.1, -0.05) is 62.4 Å². The van der Waals surface area contributed by atoms with Crippen LogP contribution in [0.4, 0.5) is 4.79 Å². The van der Waals surface area contributed by atoms with Crippen molar-refractivity contribution >= 4 is 18.0 Å². The summed E-state index contributed by atoms with van der Waals surface area (Å²) < 4.78 is 5.58. The fourth-order valence-corrected chi connectivity index (χ4v) is 4.93. The highest BCUT2D eigenvalue weighted by Crippen LogP contribution is 2.44. The maximum absolute atomic E-state index is 12.8. The van der Waals surface area contributed by atoms with Gasteiger partial charge in [-0.25, -0.2) is 4.79 Å². The Balaban J connectivity index is 1.36. The quantitative estimate of drug-likeness (QED) is 0.593. The van der Waals surface area contributed by atoms with E-state index in [2.05, 4.69) is 34.9 Å². The number of aliphatic carboxylic acids is 1. The Labute approximate surface area is 193 Å². The minimum Gasteiger partial charge on any atom is -0.481 e. The van der Waals surface area contributed by atoms with Crippen LogP contribution in [0.5, 0.6) is 0 Å². The standard InChI is InChI=1S/C26H30N2O5/c1-15(2)23(24(29)27-17-12-11-16(13-17)25(30)31)28-26(32)33-14-22-20-9-5-3-7-18(20)19-8-4-6-10-21(19)22/h3-10,15-17,22-23H,11-14H2,1-2H3,(H,27,29)(H,28,32)(H,30,31)/t16?,17?,23-/m1/s1. The van der Waals surface area contributed by atoms with Crippen LogP contribution in [0, 0.1) is 11.8 Å². The van der Waals surface area contributed by atoms with Crippen molar-refractivity contribution in [3.8, 4) is 11.1 Å². The summed E-state index contributed by atoms with van der Waals surface area (Å²) in [7, 11) is 0. The molecule has 3 N–H and O–H groups in total. The number of hydrogen-bond donors (Lipinski definition) is 3. The molecule has 2 aliphatic carbocycles. The van der Waals surface area contributed by atoms with Gasteiger partial charge >= 0.3 is 12.1 Å². The highest BCUT2D eigenvalue weighted by molar-refractivity contribution is 5.86. The summed E-state index contributed by atoms with van der Waals surface area (Å²) in [5.41, 5.74) is 4.55. The van der Waals surface area contributed by atoms with E-state index in [9.17, 15) is 14.4 Å². The number of benzene rings is 2. The molecule has 7 heteroatoms. The van der Waals surface area contributed by atoms with Gasteiger partial charge in [0.1, 0.15) is 12.6 Å². The third kappa shape index (κ3) is 4.87. The Morgan fingerprint density at radius 2 is 1.61 bits per heavy atom. The van der Waals surface area contributed by atoms with E-state index in [0.29, 0.717) is 19.3 Å². The molecule has 0 bridgehead atoms. The van der Waals surface area contributed by atoms with Crippen LogP contribution in [-0.2, 0) is 14.3 Å². The van der Waals surface area contributed by atoms with E-state index in [1.54, 1.807) is 0 Å². The van der Waals surface area contributed by atoms with Crippen molar-refractivity contribution in [2.75, 3.05) is 6.61 Å². The minimum absolute atomic E-state index is 0.0547. The number of alkyl carbamates (subject to hydrolysis) is 1. The monoisotopic (exact) mass is 450 g/mol. The lowest BCUT2D eigenvalue weighted by Crippen LogP contribution is -2.52. The van der Waals surface area contributed by atoms with Crippen molar-refractivity contribution in [2.45, 2.75) is 51.1 Å². The Morgan fingerprint density at radius 3 is 2.15 bits per heavy atom. The van der Waals surface area contributed by atoms with Crippen LogP contribution in [0.3, 0.4) is 0 Å². The normalized spacial score (nSPS) is 20.1. The van der Waals surface area contributed by atoms with Crippen LogP contribution in [0.1, 0.15) is 50.2 Å². The molecule has 4 rings (SSSR count). The third-order valence-corrected chi connectivity index (χ3v) is 6.69. The highest BCUT2D eigenvalue weighted by Gasteiger charge is 2.34. The molecule has 0 spiro atoms. The minimum atomic E-state index is -0.830. The van der Waals surface area contributed by atoms with Gasteiger partial charge in [-0.3, -0.25) is 9.59 Å². The number of carboxylic acids is 1. The Bertz CT molecular complexity index is 1000. The summed E-state index contributed by atoms with van der Waals surface area (Å²) >= 11 is 0. The van der Waals surface area contributed by atoms with Crippen LogP contribution < -0.4 is 10.6 Å². The summed E-state index contributed by atoms with van der Waals surface area (Å²) in [6.07, 6.45) is 0.947. The molecule has 0 aliphatic heterocycles. The molecule has 2 aromatic rings. The molecule has 2 aliphatic rings. The number of carbonyl (C=O) groups is 3. The highest BCUT2D eigenvalue weighted by atomic mass is 16.5. The molecule has 174 valence electrons. The average molecular weight is 451 g/mol. The van der Waals surface area contributed by atoms with E-state index in [4.69, 9.17) is 9.84 Å². The molecule has 0 radical (unpaired) electrons. The fraction of sp³-hybridized carbons (Fsp3) is 0.423. The van der Waals surface area contributed by atoms with Crippen LogP contribution in [0.25, 0.3) is 11.1 Å². The first kappa shape index (κ1) is 22.8. The van der Waals surface area contributed by atoms with Gasteiger partial charge in [0.25, 0.3) is 0 Å². The summed E-state index contributed by atoms with van der Waals surface area (Å²) in [5, 5.41) is 14.8. The van der Waals surface area contributed by atoms with Crippen molar-refractivity contribution < 1.29 is 24.2 Å². The molecule has 2 amide bonds. The Hall–Kier alpha value is -3.35. The average Bonchev–Trinajstić information content (AvgIpc) is 3.39. The summed E-state index contributed by atoms with van der Waals surface area (Å²) in [4.78, 5) is 36.6. The smallest absolute Gasteiger partial charge is 0.407 e. The number of amides is 2. The van der Waals surface area contributed by atoms with Gasteiger partial charge in [0.15, 0.2) is 0 Å². The predicted molar refractivity (Wildman–Crippen MR) is 124 cm³/mol. The largest absolute Gasteiger partial charge is 0.481 e. The third-order valence-electron chi connectivity index (χ3n) is 6.69. The van der Waals surface area contributed by atoms with Crippen molar-refractivity contribution in [1.82, 2.24) is 10.6 Å². The van der Waals surface area contributed by atoms with Crippen molar-refractivity contribution in [2.24, 2.45) is 11.8 Å². The summed E-state index contributed by atoms with van der Waals surface area (Å²) in [6.45, 7) is 3.88. The van der Waals surface area contributed by atoms with Crippen LogP contribution in [0.15, 0.2) is 48.5 Å². The van der Waals surface area contributed by atoms with Crippen LogP contribution in [0.2, 0.25) is 0 Å². The van der Waals surface area contributed by atoms with E-state index < -0.39 is 24.0 Å². The Morgan fingerprint density at radius 1 is 1.00 bits per heavy atom. The second-order valence-corrected chi connectivity index (χ2v) is 9.25. The molecular weight excluding hydrogens is 420 g/mol. The number of ether oxygens (including phenoxy) is 1. The molecule has 3 atom stereocenters. The number of carboxylic acid groups (broad SMARTS) is 1. The zero-order valence-electron chi connectivity index (χ0n) is 18.9. The summed E-state index contributed by atoms with van der Waals surface area (Å²) in [6, 6.07) is 15.3. The Kier molecular flexibility index (Phi) is 6.67. The maximum atomic E-state index is 12.8. The summed E-state index contributed by atoms with van der Waals surface area (Å²) in [5.74, 6) is -1.77. The van der Waals surface area contributed by atoms with Crippen molar-refractivity contribution in [1.29, 1.82) is 0 Å². The van der Waals surface area contributed by atoms with E-state index in [1.165, 1.54) is 0 Å². The number of carbonyl (C=O) groups excluding carboxylic acids is 2. The van der Waals surface area contributed by atoms with Crippen molar-refractivity contribution in [3.05, 3.63) is 59.7 Å².